The molecule has 2 atom stereocenters. The first-order chi connectivity index (χ1) is 12.2. The van der Waals surface area contributed by atoms with Crippen LogP contribution in [0.25, 0.3) is 0 Å². The highest BCUT2D eigenvalue weighted by Gasteiger charge is 2.28. The van der Waals surface area contributed by atoms with Crippen molar-refractivity contribution in [3.05, 3.63) is 58.3 Å². The summed E-state index contributed by atoms with van der Waals surface area (Å²) in [7, 11) is 1.84. The molecular formula is C19H25N3O2S. The molecule has 2 heterocycles. The monoisotopic (exact) mass is 359 g/mol. The van der Waals surface area contributed by atoms with Crippen LogP contribution in [-0.2, 0) is 9.53 Å². The molecule has 1 fully saturated rings. The highest BCUT2D eigenvalue weighted by molar-refractivity contribution is 7.10. The van der Waals surface area contributed by atoms with Crippen molar-refractivity contribution >= 4 is 17.2 Å². The Morgan fingerprint density at radius 3 is 2.60 bits per heavy atom. The molecule has 3 rings (SSSR count). The fraction of sp³-hybridized carbons (Fsp3) is 0.421. The van der Waals surface area contributed by atoms with Crippen LogP contribution in [0, 0.1) is 0 Å². The van der Waals surface area contributed by atoms with Crippen molar-refractivity contribution in [2.45, 2.75) is 12.1 Å². The molecule has 0 aliphatic carbocycles. The van der Waals surface area contributed by atoms with Crippen LogP contribution in [0.3, 0.4) is 0 Å². The van der Waals surface area contributed by atoms with Crippen molar-refractivity contribution in [1.29, 1.82) is 0 Å². The first-order valence-electron chi connectivity index (χ1n) is 8.57. The number of amides is 1. The standard InChI is InChI=1S/C19H25N3O2S/c1-21(19(23)18(20)15-6-3-2-4-7-15)14-16(17-8-5-13-25-17)22-9-11-24-12-10-22/h2-8,13,16,18H,9-12,14,20H2,1H3. The molecule has 5 nitrogen and oxygen atoms in total. The number of hydrogen-bond acceptors (Lipinski definition) is 5. The zero-order valence-corrected chi connectivity index (χ0v) is 15.3. The Hall–Kier alpha value is -1.73. The zero-order valence-electron chi connectivity index (χ0n) is 14.5. The predicted octanol–water partition coefficient (Wildman–Crippen LogP) is 2.28. The number of rotatable bonds is 6. The van der Waals surface area contributed by atoms with Gasteiger partial charge in [0.25, 0.3) is 0 Å². The molecule has 6 heteroatoms. The second kappa shape index (κ2) is 8.58. The van der Waals surface area contributed by atoms with E-state index in [9.17, 15) is 4.79 Å². The summed E-state index contributed by atoms with van der Waals surface area (Å²) < 4.78 is 5.48. The zero-order chi connectivity index (χ0) is 17.6. The van der Waals surface area contributed by atoms with Crippen molar-refractivity contribution < 1.29 is 9.53 Å². The van der Waals surface area contributed by atoms with Crippen LogP contribution < -0.4 is 5.73 Å². The van der Waals surface area contributed by atoms with Gasteiger partial charge >= 0.3 is 0 Å². The van der Waals surface area contributed by atoms with Gasteiger partial charge in [-0.05, 0) is 17.0 Å². The van der Waals surface area contributed by atoms with Crippen LogP contribution in [0.1, 0.15) is 22.5 Å². The Bertz CT molecular complexity index is 657. The molecule has 25 heavy (non-hydrogen) atoms. The lowest BCUT2D eigenvalue weighted by atomic mass is 10.1. The van der Waals surface area contributed by atoms with Gasteiger partial charge in [0.2, 0.25) is 5.91 Å². The number of likely N-dealkylation sites (N-methyl/N-ethyl adjacent to an activating group) is 1. The molecular weight excluding hydrogens is 334 g/mol. The molecule has 1 saturated heterocycles. The summed E-state index contributed by atoms with van der Waals surface area (Å²) in [4.78, 5) is 18.2. The van der Waals surface area contributed by atoms with E-state index in [-0.39, 0.29) is 11.9 Å². The fourth-order valence-corrected chi connectivity index (χ4v) is 4.00. The number of carbonyl (C=O) groups is 1. The van der Waals surface area contributed by atoms with Gasteiger partial charge in [0.05, 0.1) is 19.3 Å². The quantitative estimate of drug-likeness (QED) is 0.860. The lowest BCUT2D eigenvalue weighted by molar-refractivity contribution is -0.132. The van der Waals surface area contributed by atoms with Crippen molar-refractivity contribution in [2.24, 2.45) is 5.73 Å². The van der Waals surface area contributed by atoms with E-state index in [0.29, 0.717) is 6.54 Å². The summed E-state index contributed by atoms with van der Waals surface area (Å²) in [6, 6.07) is 13.3. The van der Waals surface area contributed by atoms with Crippen molar-refractivity contribution in [3.8, 4) is 0 Å². The first-order valence-corrected chi connectivity index (χ1v) is 9.45. The Labute approximate surface area is 153 Å². The van der Waals surface area contributed by atoms with Crippen LogP contribution in [-0.4, -0.2) is 55.6 Å². The van der Waals surface area contributed by atoms with Crippen LogP contribution in [0.5, 0.6) is 0 Å². The molecule has 1 aliphatic heterocycles. The summed E-state index contributed by atoms with van der Waals surface area (Å²) in [5, 5.41) is 2.08. The third kappa shape index (κ3) is 4.46. The summed E-state index contributed by atoms with van der Waals surface area (Å²) >= 11 is 1.73. The van der Waals surface area contributed by atoms with Crippen molar-refractivity contribution in [3.63, 3.8) is 0 Å². The predicted molar refractivity (Wildman–Crippen MR) is 100 cm³/mol. The molecule has 1 aromatic heterocycles. The third-order valence-electron chi connectivity index (χ3n) is 4.61. The number of carbonyl (C=O) groups excluding carboxylic acids is 1. The second-order valence-corrected chi connectivity index (χ2v) is 7.27. The first kappa shape index (κ1) is 18.1. The van der Waals surface area contributed by atoms with E-state index < -0.39 is 6.04 Å². The van der Waals surface area contributed by atoms with Gasteiger partial charge in [-0.3, -0.25) is 9.69 Å². The Kier molecular flexibility index (Phi) is 6.20. The minimum absolute atomic E-state index is 0.0546. The van der Waals surface area contributed by atoms with Gasteiger partial charge in [-0.1, -0.05) is 36.4 Å². The molecule has 1 aliphatic rings. The van der Waals surface area contributed by atoms with E-state index >= 15 is 0 Å². The molecule has 0 saturated carbocycles. The number of ether oxygens (including phenoxy) is 1. The van der Waals surface area contributed by atoms with E-state index in [1.807, 2.05) is 37.4 Å². The van der Waals surface area contributed by atoms with Crippen LogP contribution in [0.4, 0.5) is 0 Å². The molecule has 1 amide bonds. The number of hydrogen-bond donors (Lipinski definition) is 1. The number of thiophene rings is 1. The van der Waals surface area contributed by atoms with Gasteiger partial charge in [0, 0.05) is 31.6 Å². The number of morpholine rings is 1. The Morgan fingerprint density at radius 1 is 1.24 bits per heavy atom. The topological polar surface area (TPSA) is 58.8 Å². The van der Waals surface area contributed by atoms with Gasteiger partial charge in [-0.15, -0.1) is 11.3 Å². The maximum absolute atomic E-state index is 12.8. The molecule has 1 aromatic carbocycles. The lowest BCUT2D eigenvalue weighted by Crippen LogP contribution is -2.45. The molecule has 0 spiro atoms. The van der Waals surface area contributed by atoms with Crippen molar-refractivity contribution in [1.82, 2.24) is 9.80 Å². The van der Waals surface area contributed by atoms with E-state index in [1.54, 1.807) is 16.2 Å². The summed E-state index contributed by atoms with van der Waals surface area (Å²) in [5.74, 6) is -0.0546. The van der Waals surface area contributed by atoms with Crippen LogP contribution in [0.2, 0.25) is 0 Å². The Balaban J connectivity index is 1.71. The lowest BCUT2D eigenvalue weighted by Gasteiger charge is -2.36. The van der Waals surface area contributed by atoms with Gasteiger partial charge in [-0.25, -0.2) is 0 Å². The molecule has 134 valence electrons. The van der Waals surface area contributed by atoms with Gasteiger partial charge in [0.15, 0.2) is 0 Å². The van der Waals surface area contributed by atoms with E-state index in [4.69, 9.17) is 10.5 Å². The van der Waals surface area contributed by atoms with E-state index in [0.717, 1.165) is 31.9 Å². The number of benzene rings is 1. The van der Waals surface area contributed by atoms with E-state index in [2.05, 4.69) is 22.4 Å². The normalized spacial score (nSPS) is 17.8. The number of nitrogens with zero attached hydrogens (tertiary/aromatic N) is 2. The smallest absolute Gasteiger partial charge is 0.243 e. The summed E-state index contributed by atoms with van der Waals surface area (Å²) in [6.45, 7) is 3.87. The maximum atomic E-state index is 12.8. The van der Waals surface area contributed by atoms with Gasteiger partial charge in [-0.2, -0.15) is 0 Å². The SMILES string of the molecule is CN(CC(c1cccs1)N1CCOCC1)C(=O)C(N)c1ccccc1. The molecule has 0 radical (unpaired) electrons. The highest BCUT2D eigenvalue weighted by atomic mass is 32.1. The average molecular weight is 359 g/mol. The largest absolute Gasteiger partial charge is 0.379 e. The third-order valence-corrected chi connectivity index (χ3v) is 5.58. The Morgan fingerprint density at radius 2 is 1.96 bits per heavy atom. The van der Waals surface area contributed by atoms with Crippen LogP contribution >= 0.6 is 11.3 Å². The van der Waals surface area contributed by atoms with Gasteiger partial charge < -0.3 is 15.4 Å². The van der Waals surface area contributed by atoms with Gasteiger partial charge in [0.1, 0.15) is 6.04 Å². The molecule has 0 bridgehead atoms. The van der Waals surface area contributed by atoms with E-state index in [1.165, 1.54) is 4.88 Å². The minimum atomic E-state index is -0.625. The maximum Gasteiger partial charge on any atom is 0.243 e. The second-order valence-electron chi connectivity index (χ2n) is 6.29. The van der Waals surface area contributed by atoms with Crippen LogP contribution in [0.15, 0.2) is 47.8 Å². The van der Waals surface area contributed by atoms with Crippen molar-refractivity contribution in [2.75, 3.05) is 39.9 Å². The minimum Gasteiger partial charge on any atom is -0.379 e. The summed E-state index contributed by atoms with van der Waals surface area (Å²) in [6.07, 6.45) is 0. The summed E-state index contributed by atoms with van der Waals surface area (Å²) in [5.41, 5.74) is 7.04. The highest BCUT2D eigenvalue weighted by Crippen LogP contribution is 2.27. The molecule has 2 N–H and O–H groups in total. The molecule has 2 aromatic rings. The fourth-order valence-electron chi connectivity index (χ4n) is 3.15. The molecule has 2 unspecified atom stereocenters. The average Bonchev–Trinajstić information content (AvgIpc) is 3.20. The number of nitrogens with two attached hydrogens (primary N) is 1.